The molecular weight excluding hydrogens is 345 g/mol. The van der Waals surface area contributed by atoms with Crippen molar-refractivity contribution in [3.63, 3.8) is 0 Å². The van der Waals surface area contributed by atoms with Crippen LogP contribution in [-0.2, 0) is 6.54 Å². The molecule has 1 saturated carbocycles. The molecule has 1 aliphatic carbocycles. The Balaban J connectivity index is 0.000000948. The average molecular weight is 366 g/mol. The number of rotatable bonds is 4. The maximum Gasteiger partial charge on any atom is 0.418 e. The van der Waals surface area contributed by atoms with E-state index in [1.165, 1.54) is 29.3 Å². The lowest BCUT2D eigenvalue weighted by atomic mass is 10.2. The van der Waals surface area contributed by atoms with Crippen molar-refractivity contribution in [3.05, 3.63) is 53.7 Å². The molecule has 26 heavy (non-hydrogen) atoms. The van der Waals surface area contributed by atoms with Crippen LogP contribution in [0, 0.1) is 0 Å². The zero-order valence-corrected chi connectivity index (χ0v) is 14.6. The molecule has 3 aromatic rings. The van der Waals surface area contributed by atoms with Crippen molar-refractivity contribution < 1.29 is 18.3 Å². The Kier molecular flexibility index (Phi) is 5.04. The van der Waals surface area contributed by atoms with E-state index < -0.39 is 12.3 Å². The molecule has 1 N–H and O–H groups in total. The van der Waals surface area contributed by atoms with Gasteiger partial charge in [0, 0.05) is 24.2 Å². The summed E-state index contributed by atoms with van der Waals surface area (Å²) in [5.74, 6) is 0.637. The number of aliphatic hydroxyl groups excluding tert-OH is 1. The number of hydrogen-bond donors (Lipinski definition) is 1. The van der Waals surface area contributed by atoms with Crippen LogP contribution in [0.2, 0.25) is 0 Å². The second-order valence-corrected chi connectivity index (χ2v) is 6.15. The third-order valence-corrected chi connectivity index (χ3v) is 4.18. The molecule has 0 spiro atoms. The smallest absolute Gasteiger partial charge is 0.379 e. The molecular formula is C18H21F3N4O. The van der Waals surface area contributed by atoms with Gasteiger partial charge in [0.15, 0.2) is 6.10 Å². The minimum atomic E-state index is -4.70. The van der Waals surface area contributed by atoms with Crippen LogP contribution in [0.25, 0.3) is 5.65 Å². The van der Waals surface area contributed by atoms with Crippen molar-refractivity contribution in [1.29, 1.82) is 0 Å². The lowest BCUT2D eigenvalue weighted by Crippen LogP contribution is -2.19. The third-order valence-electron chi connectivity index (χ3n) is 4.18. The van der Waals surface area contributed by atoms with Gasteiger partial charge in [-0.2, -0.15) is 18.3 Å². The van der Waals surface area contributed by atoms with Gasteiger partial charge in [0.1, 0.15) is 5.65 Å². The summed E-state index contributed by atoms with van der Waals surface area (Å²) in [4.78, 5) is 4.45. The highest BCUT2D eigenvalue weighted by Gasteiger charge is 2.40. The lowest BCUT2D eigenvalue weighted by Gasteiger charge is -2.11. The number of nitrogens with zero attached hydrogens (tertiary/aromatic N) is 4. The summed E-state index contributed by atoms with van der Waals surface area (Å²) in [6.45, 7) is 4.24. The molecule has 1 atom stereocenters. The van der Waals surface area contributed by atoms with E-state index in [1.54, 1.807) is 0 Å². The summed E-state index contributed by atoms with van der Waals surface area (Å²) in [6.07, 6.45) is 1.32. The number of fused-ring (bicyclic) bond motifs is 1. The number of alkyl halides is 3. The number of aliphatic hydroxyl groups is 1. The van der Waals surface area contributed by atoms with Gasteiger partial charge >= 0.3 is 6.18 Å². The van der Waals surface area contributed by atoms with Crippen LogP contribution in [0.4, 0.5) is 13.2 Å². The maximum atomic E-state index is 12.5. The highest BCUT2D eigenvalue weighted by Crippen LogP contribution is 2.39. The molecule has 140 valence electrons. The summed E-state index contributed by atoms with van der Waals surface area (Å²) in [5.41, 5.74) is 2.49. The maximum absolute atomic E-state index is 12.5. The molecule has 1 fully saturated rings. The molecule has 0 bridgehead atoms. The number of halogens is 3. The fourth-order valence-corrected chi connectivity index (χ4v) is 2.76. The lowest BCUT2D eigenvalue weighted by molar-refractivity contribution is -0.206. The van der Waals surface area contributed by atoms with E-state index in [0.717, 1.165) is 11.8 Å². The predicted molar refractivity (Wildman–Crippen MR) is 90.9 cm³/mol. The van der Waals surface area contributed by atoms with Crippen LogP contribution >= 0.6 is 0 Å². The summed E-state index contributed by atoms with van der Waals surface area (Å²) in [5, 5.41) is 13.1. The number of aromatic nitrogens is 4. The first kappa shape index (κ1) is 18.4. The molecule has 3 aromatic heterocycles. The van der Waals surface area contributed by atoms with Crippen LogP contribution in [0.15, 0.2) is 36.9 Å². The Morgan fingerprint density at radius 1 is 1.19 bits per heavy atom. The molecule has 3 heterocycles. The Morgan fingerprint density at radius 2 is 1.92 bits per heavy atom. The minimum Gasteiger partial charge on any atom is -0.379 e. The molecule has 0 aliphatic heterocycles. The van der Waals surface area contributed by atoms with Crippen molar-refractivity contribution in [3.8, 4) is 0 Å². The fraction of sp³-hybridized carbons (Fsp3) is 0.444. The first-order valence-electron chi connectivity index (χ1n) is 8.65. The molecule has 4 rings (SSSR count). The summed E-state index contributed by atoms with van der Waals surface area (Å²) in [6, 6.07) is 4.01. The molecule has 1 unspecified atom stereocenters. The molecule has 0 aromatic carbocycles. The molecule has 0 amide bonds. The van der Waals surface area contributed by atoms with Gasteiger partial charge in [0.2, 0.25) is 0 Å². The van der Waals surface area contributed by atoms with E-state index in [2.05, 4.69) is 16.1 Å². The van der Waals surface area contributed by atoms with Gasteiger partial charge in [-0.1, -0.05) is 19.9 Å². The van der Waals surface area contributed by atoms with Gasteiger partial charge < -0.3 is 9.51 Å². The van der Waals surface area contributed by atoms with Crippen molar-refractivity contribution >= 4 is 5.65 Å². The second kappa shape index (κ2) is 7.11. The fourth-order valence-electron chi connectivity index (χ4n) is 2.76. The number of pyridine rings is 1. The van der Waals surface area contributed by atoms with Gasteiger partial charge in [-0.05, 0) is 30.4 Å². The first-order chi connectivity index (χ1) is 12.4. The Bertz CT molecular complexity index is 880. The zero-order valence-electron chi connectivity index (χ0n) is 14.6. The normalized spacial score (nSPS) is 15.6. The van der Waals surface area contributed by atoms with Crippen LogP contribution in [0.3, 0.4) is 0 Å². The first-order valence-corrected chi connectivity index (χ1v) is 8.65. The highest BCUT2D eigenvalue weighted by molar-refractivity contribution is 5.42. The zero-order chi connectivity index (χ0) is 18.9. The third kappa shape index (κ3) is 3.90. The van der Waals surface area contributed by atoms with Crippen LogP contribution in [-0.4, -0.2) is 30.4 Å². The molecule has 0 radical (unpaired) electrons. The van der Waals surface area contributed by atoms with Crippen LogP contribution in [0.5, 0.6) is 0 Å². The minimum absolute atomic E-state index is 0.241. The molecule has 1 aliphatic rings. The molecule has 0 saturated heterocycles. The van der Waals surface area contributed by atoms with Crippen LogP contribution in [0.1, 0.15) is 55.5 Å². The summed E-state index contributed by atoms with van der Waals surface area (Å²) < 4.78 is 40.8. The molecule has 8 heteroatoms. The Labute approximate surface area is 149 Å². The van der Waals surface area contributed by atoms with Gasteiger partial charge in [-0.15, -0.1) is 0 Å². The van der Waals surface area contributed by atoms with E-state index in [1.807, 2.05) is 36.7 Å². The average Bonchev–Trinajstić information content (AvgIpc) is 3.23. The van der Waals surface area contributed by atoms with Crippen molar-refractivity contribution in [2.45, 2.75) is 51.4 Å². The second-order valence-electron chi connectivity index (χ2n) is 6.15. The SMILES string of the molecule is CC.OC(c1cnn(Cc2cn3cc(C4CC4)ccc3n2)c1)C(F)(F)F. The van der Waals surface area contributed by atoms with Gasteiger partial charge in [0.05, 0.1) is 18.4 Å². The predicted octanol–water partition coefficient (Wildman–Crippen LogP) is 4.08. The van der Waals surface area contributed by atoms with Gasteiger partial charge in [-0.25, -0.2) is 4.98 Å². The summed E-state index contributed by atoms with van der Waals surface area (Å²) in [7, 11) is 0. The van der Waals surface area contributed by atoms with Crippen LogP contribution < -0.4 is 0 Å². The van der Waals surface area contributed by atoms with Crippen molar-refractivity contribution in [2.75, 3.05) is 0 Å². The quantitative estimate of drug-likeness (QED) is 0.757. The highest BCUT2D eigenvalue weighted by atomic mass is 19.4. The van der Waals surface area contributed by atoms with E-state index in [9.17, 15) is 18.3 Å². The molecule has 5 nitrogen and oxygen atoms in total. The standard InChI is InChI=1S/C16H15F3N4O.C2H6/c17-16(18,19)15(24)12-5-20-23(7-12)9-13-8-22-6-11(10-1-2-10)3-4-14(22)21-13;1-2/h3-8,10,15,24H,1-2,9H2;1-2H3. The van der Waals surface area contributed by atoms with E-state index in [0.29, 0.717) is 11.6 Å². The Morgan fingerprint density at radius 3 is 2.58 bits per heavy atom. The van der Waals surface area contributed by atoms with Crippen molar-refractivity contribution in [1.82, 2.24) is 19.2 Å². The summed E-state index contributed by atoms with van der Waals surface area (Å²) >= 11 is 0. The largest absolute Gasteiger partial charge is 0.418 e. The number of hydrogen-bond acceptors (Lipinski definition) is 3. The number of imidazole rings is 1. The Hall–Kier alpha value is -2.35. The van der Waals surface area contributed by atoms with Gasteiger partial charge in [-0.3, -0.25) is 4.68 Å². The van der Waals surface area contributed by atoms with E-state index >= 15 is 0 Å². The van der Waals surface area contributed by atoms with E-state index in [4.69, 9.17) is 0 Å². The van der Waals surface area contributed by atoms with Gasteiger partial charge in [0.25, 0.3) is 0 Å². The van der Waals surface area contributed by atoms with Crippen molar-refractivity contribution in [2.24, 2.45) is 0 Å². The monoisotopic (exact) mass is 366 g/mol. The topological polar surface area (TPSA) is 55.4 Å². The van der Waals surface area contributed by atoms with E-state index in [-0.39, 0.29) is 12.1 Å².